The molecule has 9 heteroatoms. The number of hydrogen-bond acceptors (Lipinski definition) is 7. The molecule has 174 valence electrons. The second-order valence-corrected chi connectivity index (χ2v) is 9.55. The minimum Gasteiger partial charge on any atom is -0.371 e. The fraction of sp³-hybridized carbons (Fsp3) is 0.542. The number of piperidine rings is 2. The predicted molar refractivity (Wildman–Crippen MR) is 119 cm³/mol. The van der Waals surface area contributed by atoms with Crippen molar-refractivity contribution in [3.8, 4) is 0 Å². The maximum absolute atomic E-state index is 13.1. The van der Waals surface area contributed by atoms with Gasteiger partial charge in [-0.2, -0.15) is 0 Å². The number of anilines is 1. The van der Waals surface area contributed by atoms with Gasteiger partial charge >= 0.3 is 0 Å². The molecule has 0 aromatic heterocycles. The molecule has 4 aliphatic rings. The van der Waals surface area contributed by atoms with Gasteiger partial charge in [0.15, 0.2) is 0 Å². The summed E-state index contributed by atoms with van der Waals surface area (Å²) < 4.78 is 0. The second-order valence-electron chi connectivity index (χ2n) is 9.55. The topological polar surface area (TPSA) is 107 Å². The van der Waals surface area contributed by atoms with Crippen LogP contribution in [0.1, 0.15) is 52.8 Å². The molecule has 0 spiro atoms. The van der Waals surface area contributed by atoms with Crippen molar-refractivity contribution < 1.29 is 24.0 Å². The highest BCUT2D eigenvalue weighted by Crippen LogP contribution is 2.32. The number of fused-ring (bicyclic) bond motifs is 1. The van der Waals surface area contributed by atoms with Crippen LogP contribution < -0.4 is 10.2 Å². The highest BCUT2D eigenvalue weighted by atomic mass is 16.2. The van der Waals surface area contributed by atoms with E-state index in [4.69, 9.17) is 0 Å². The molecule has 2 atom stereocenters. The summed E-state index contributed by atoms with van der Waals surface area (Å²) in [6.07, 6.45) is 4.27. The molecular weight excluding hydrogens is 424 g/mol. The van der Waals surface area contributed by atoms with Crippen LogP contribution in [0.15, 0.2) is 18.2 Å². The van der Waals surface area contributed by atoms with Crippen molar-refractivity contribution in [3.63, 3.8) is 0 Å². The average Bonchev–Trinajstić information content (AvgIpc) is 3.37. The zero-order valence-electron chi connectivity index (χ0n) is 18.5. The van der Waals surface area contributed by atoms with Crippen molar-refractivity contribution in [2.75, 3.05) is 37.6 Å². The maximum atomic E-state index is 13.1. The van der Waals surface area contributed by atoms with Gasteiger partial charge in [-0.15, -0.1) is 0 Å². The van der Waals surface area contributed by atoms with E-state index in [0.717, 1.165) is 68.9 Å². The number of nitrogens with zero attached hydrogens (tertiary/aromatic N) is 3. The van der Waals surface area contributed by atoms with Gasteiger partial charge in [0.25, 0.3) is 11.8 Å². The third kappa shape index (κ3) is 4.06. The Labute approximate surface area is 192 Å². The Morgan fingerprint density at radius 3 is 2.42 bits per heavy atom. The Kier molecular flexibility index (Phi) is 5.74. The van der Waals surface area contributed by atoms with E-state index in [-0.39, 0.29) is 24.7 Å². The van der Waals surface area contributed by atoms with Crippen LogP contribution in [-0.2, 0) is 14.4 Å². The Morgan fingerprint density at radius 1 is 0.939 bits per heavy atom. The predicted octanol–water partition coefficient (Wildman–Crippen LogP) is 0.825. The molecule has 4 heterocycles. The molecule has 1 aromatic carbocycles. The van der Waals surface area contributed by atoms with E-state index in [2.05, 4.69) is 15.1 Å². The number of carbonyl (C=O) groups is 5. The van der Waals surface area contributed by atoms with Gasteiger partial charge < -0.3 is 14.6 Å². The molecule has 3 saturated heterocycles. The number of nitrogens with one attached hydrogen (secondary N) is 1. The highest BCUT2D eigenvalue weighted by Gasteiger charge is 2.44. The number of amides is 4. The van der Waals surface area contributed by atoms with Crippen molar-refractivity contribution in [2.24, 2.45) is 11.8 Å². The average molecular weight is 453 g/mol. The van der Waals surface area contributed by atoms with Gasteiger partial charge in [-0.25, -0.2) is 0 Å². The molecule has 5 rings (SSSR count). The summed E-state index contributed by atoms with van der Waals surface area (Å²) in [5.41, 5.74) is 1.53. The van der Waals surface area contributed by atoms with Crippen LogP contribution in [0.4, 0.5) is 5.69 Å². The van der Waals surface area contributed by atoms with E-state index in [1.807, 2.05) is 6.07 Å². The first kappa shape index (κ1) is 21.8. The summed E-state index contributed by atoms with van der Waals surface area (Å²) >= 11 is 0. The van der Waals surface area contributed by atoms with Gasteiger partial charge in [0, 0.05) is 37.7 Å². The molecule has 0 aliphatic carbocycles. The quantitative estimate of drug-likeness (QED) is 0.521. The van der Waals surface area contributed by atoms with E-state index in [1.54, 1.807) is 12.1 Å². The molecule has 0 saturated carbocycles. The van der Waals surface area contributed by atoms with E-state index in [0.29, 0.717) is 17.0 Å². The lowest BCUT2D eigenvalue weighted by Crippen LogP contribution is -2.54. The van der Waals surface area contributed by atoms with Crippen LogP contribution in [-0.4, -0.2) is 78.5 Å². The van der Waals surface area contributed by atoms with Gasteiger partial charge in [0.05, 0.1) is 11.1 Å². The van der Waals surface area contributed by atoms with Crippen LogP contribution in [0.5, 0.6) is 0 Å². The van der Waals surface area contributed by atoms with Crippen LogP contribution in [0, 0.1) is 11.8 Å². The fourth-order valence-corrected chi connectivity index (χ4v) is 5.51. The first-order valence-corrected chi connectivity index (χ1v) is 11.7. The summed E-state index contributed by atoms with van der Waals surface area (Å²) in [5, 5.41) is 2.22. The first-order valence-electron chi connectivity index (χ1n) is 11.7. The molecule has 1 aromatic rings. The summed E-state index contributed by atoms with van der Waals surface area (Å²) in [6, 6.07) is 4.36. The lowest BCUT2D eigenvalue weighted by molar-refractivity contribution is -0.136. The molecule has 0 bridgehead atoms. The lowest BCUT2D eigenvalue weighted by atomic mass is 9.97. The van der Waals surface area contributed by atoms with Gasteiger partial charge in [-0.1, -0.05) is 0 Å². The van der Waals surface area contributed by atoms with Crippen LogP contribution in [0.25, 0.3) is 0 Å². The summed E-state index contributed by atoms with van der Waals surface area (Å²) in [5.74, 6) is -1.21. The van der Waals surface area contributed by atoms with E-state index in [1.165, 1.54) is 0 Å². The highest BCUT2D eigenvalue weighted by molar-refractivity contribution is 6.23. The number of likely N-dealkylation sites (tertiary alicyclic amines) is 1. The van der Waals surface area contributed by atoms with Crippen molar-refractivity contribution in [1.29, 1.82) is 0 Å². The molecule has 3 fully saturated rings. The van der Waals surface area contributed by atoms with Crippen LogP contribution in [0.2, 0.25) is 0 Å². The number of rotatable bonds is 5. The normalized spacial score (nSPS) is 26.7. The minimum absolute atomic E-state index is 0.108. The number of carbonyl (C=O) groups excluding carboxylic acids is 5. The monoisotopic (exact) mass is 452 g/mol. The zero-order valence-corrected chi connectivity index (χ0v) is 18.5. The SMILES string of the molecule is O=CC1CCN(CC2CCN(c3ccc4c(c3)C(=O)N(C3CCC(=O)NC3=O)C4=O)C2)CC1. The van der Waals surface area contributed by atoms with Crippen molar-refractivity contribution in [3.05, 3.63) is 29.3 Å². The van der Waals surface area contributed by atoms with E-state index >= 15 is 0 Å². The van der Waals surface area contributed by atoms with Gasteiger partial charge in [0.2, 0.25) is 11.8 Å². The fourth-order valence-electron chi connectivity index (χ4n) is 5.51. The Balaban J connectivity index is 1.25. The first-order chi connectivity index (χ1) is 15.9. The van der Waals surface area contributed by atoms with Gasteiger partial charge in [-0.3, -0.25) is 29.4 Å². The number of imide groups is 2. The van der Waals surface area contributed by atoms with Crippen molar-refractivity contribution >= 4 is 35.6 Å². The summed E-state index contributed by atoms with van der Waals surface area (Å²) in [6.45, 7) is 4.70. The third-order valence-corrected chi connectivity index (χ3v) is 7.42. The molecule has 33 heavy (non-hydrogen) atoms. The Hall–Kier alpha value is -3.07. The van der Waals surface area contributed by atoms with Crippen molar-refractivity contribution in [2.45, 2.75) is 38.1 Å². The molecular formula is C24H28N4O5. The van der Waals surface area contributed by atoms with Crippen molar-refractivity contribution in [1.82, 2.24) is 15.1 Å². The second kappa shape index (κ2) is 8.70. The standard InChI is InChI=1S/C24H28N4O5/c29-14-15-5-8-26(9-6-15)12-16-7-10-27(13-16)17-1-2-18-19(11-17)24(33)28(23(18)32)20-3-4-21(30)25-22(20)31/h1-2,11,14-16,20H,3-10,12-13H2,(H,25,30,31). The number of aldehydes is 1. The minimum atomic E-state index is -0.946. The molecule has 4 aliphatic heterocycles. The van der Waals surface area contributed by atoms with Crippen LogP contribution in [0.3, 0.4) is 0 Å². The van der Waals surface area contributed by atoms with Gasteiger partial charge in [0.1, 0.15) is 12.3 Å². The maximum Gasteiger partial charge on any atom is 0.262 e. The molecule has 9 nitrogen and oxygen atoms in total. The smallest absolute Gasteiger partial charge is 0.262 e. The lowest BCUT2D eigenvalue weighted by Gasteiger charge is -2.31. The van der Waals surface area contributed by atoms with Crippen LogP contribution >= 0.6 is 0 Å². The van der Waals surface area contributed by atoms with Gasteiger partial charge in [-0.05, 0) is 62.9 Å². The number of hydrogen-bond donors (Lipinski definition) is 1. The zero-order chi connectivity index (χ0) is 23.1. The third-order valence-electron chi connectivity index (χ3n) is 7.42. The molecule has 1 N–H and O–H groups in total. The Bertz CT molecular complexity index is 1020. The molecule has 2 unspecified atom stereocenters. The molecule has 0 radical (unpaired) electrons. The van der Waals surface area contributed by atoms with E-state index < -0.39 is 23.8 Å². The van der Waals surface area contributed by atoms with E-state index in [9.17, 15) is 24.0 Å². The number of benzene rings is 1. The largest absolute Gasteiger partial charge is 0.371 e. The summed E-state index contributed by atoms with van der Waals surface area (Å²) in [4.78, 5) is 66.3. The summed E-state index contributed by atoms with van der Waals surface area (Å²) in [7, 11) is 0. The Morgan fingerprint density at radius 2 is 1.70 bits per heavy atom. The molecule has 4 amide bonds.